The van der Waals surface area contributed by atoms with E-state index >= 15 is 0 Å². The summed E-state index contributed by atoms with van der Waals surface area (Å²) < 4.78 is 1.77. The van der Waals surface area contributed by atoms with E-state index in [0.717, 1.165) is 21.6 Å². The van der Waals surface area contributed by atoms with Crippen LogP contribution in [0.1, 0.15) is 12.5 Å². The highest BCUT2D eigenvalue weighted by Crippen LogP contribution is 2.17. The molecule has 0 saturated heterocycles. The summed E-state index contributed by atoms with van der Waals surface area (Å²) in [6.45, 7) is 4.37. The van der Waals surface area contributed by atoms with E-state index in [1.807, 2.05) is 62.4 Å². The molecule has 0 spiro atoms. The van der Waals surface area contributed by atoms with E-state index in [-0.39, 0.29) is 5.91 Å². The van der Waals surface area contributed by atoms with Gasteiger partial charge in [-0.25, -0.2) is 10.1 Å². The average molecular weight is 353 g/mol. The zero-order chi connectivity index (χ0) is 17.6. The third kappa shape index (κ3) is 4.67. The number of nitrogens with one attached hydrogen (secondary N) is 1. The van der Waals surface area contributed by atoms with Crippen LogP contribution in [0.15, 0.2) is 58.5 Å². The second-order valence-electron chi connectivity index (χ2n) is 5.72. The first-order valence-electron chi connectivity index (χ1n) is 7.91. The average Bonchev–Trinajstić information content (AvgIpc) is 3.02. The van der Waals surface area contributed by atoms with Crippen molar-refractivity contribution in [3.05, 3.63) is 54.1 Å². The molecule has 0 aliphatic heterocycles. The molecule has 2 aromatic carbocycles. The smallest absolute Gasteiger partial charge is 0.250 e. The van der Waals surface area contributed by atoms with Crippen LogP contribution in [0.4, 0.5) is 0 Å². The van der Waals surface area contributed by atoms with Gasteiger partial charge in [0.2, 0.25) is 5.91 Å². The molecule has 0 saturated carbocycles. The number of aromatic nitrogens is 3. The highest BCUT2D eigenvalue weighted by atomic mass is 32.2. The molecule has 1 N–H and O–H groups in total. The third-order valence-corrected chi connectivity index (χ3v) is 4.57. The molecule has 128 valence electrons. The molecule has 0 bridgehead atoms. The second-order valence-corrected chi connectivity index (χ2v) is 6.77. The Morgan fingerprint density at radius 1 is 1.20 bits per heavy atom. The molecule has 0 unspecified atom stereocenters. The number of para-hydroxylation sites is 1. The number of aryl methyl sites for hydroxylation is 1. The molecule has 1 heterocycles. The Balaban J connectivity index is 1.52. The molecule has 0 radical (unpaired) electrons. The van der Waals surface area contributed by atoms with Gasteiger partial charge in [-0.05, 0) is 38.1 Å². The number of thioether (sulfide) groups is 1. The van der Waals surface area contributed by atoms with Crippen molar-refractivity contribution in [2.75, 3.05) is 5.75 Å². The van der Waals surface area contributed by atoms with Gasteiger partial charge in [0.05, 0.1) is 23.5 Å². The molecule has 0 fully saturated rings. The summed E-state index contributed by atoms with van der Waals surface area (Å²) in [5.74, 6) is 0.194. The van der Waals surface area contributed by atoms with Gasteiger partial charge in [-0.2, -0.15) is 5.10 Å². The first-order valence-corrected chi connectivity index (χ1v) is 8.90. The molecular formula is C18H19N5OS. The minimum atomic E-state index is -0.131. The lowest BCUT2D eigenvalue weighted by Gasteiger charge is -2.04. The molecule has 3 aromatic rings. The number of nitrogens with zero attached hydrogens (tertiary/aromatic N) is 4. The second kappa shape index (κ2) is 7.94. The van der Waals surface area contributed by atoms with Crippen LogP contribution in [-0.2, 0) is 11.3 Å². The van der Waals surface area contributed by atoms with Gasteiger partial charge >= 0.3 is 0 Å². The molecule has 7 heteroatoms. The number of fused-ring (bicyclic) bond motifs is 1. The van der Waals surface area contributed by atoms with E-state index < -0.39 is 0 Å². The van der Waals surface area contributed by atoms with E-state index in [4.69, 9.17) is 0 Å². The summed E-state index contributed by atoms with van der Waals surface area (Å²) >= 11 is 1.49. The van der Waals surface area contributed by atoms with Gasteiger partial charge in [0.25, 0.3) is 0 Å². The number of benzene rings is 2. The van der Waals surface area contributed by atoms with E-state index in [9.17, 15) is 4.79 Å². The van der Waals surface area contributed by atoms with Crippen molar-refractivity contribution in [3.8, 4) is 0 Å². The minimum Gasteiger partial charge on any atom is -0.272 e. The minimum absolute atomic E-state index is 0.131. The maximum absolute atomic E-state index is 11.9. The largest absolute Gasteiger partial charge is 0.272 e. The molecule has 1 amide bonds. The summed E-state index contributed by atoms with van der Waals surface area (Å²) in [6, 6.07) is 15.8. The fourth-order valence-electron chi connectivity index (χ4n) is 2.26. The predicted octanol–water partition coefficient (Wildman–Crippen LogP) is 3.02. The van der Waals surface area contributed by atoms with Crippen molar-refractivity contribution in [2.24, 2.45) is 5.10 Å². The number of amides is 1. The topological polar surface area (TPSA) is 72.2 Å². The van der Waals surface area contributed by atoms with Gasteiger partial charge in [-0.3, -0.25) is 4.79 Å². The molecule has 25 heavy (non-hydrogen) atoms. The van der Waals surface area contributed by atoms with Crippen LogP contribution < -0.4 is 5.43 Å². The Morgan fingerprint density at radius 2 is 1.96 bits per heavy atom. The van der Waals surface area contributed by atoms with Crippen LogP contribution in [0.2, 0.25) is 0 Å². The fourth-order valence-corrected chi connectivity index (χ4v) is 2.95. The number of rotatable bonds is 6. The van der Waals surface area contributed by atoms with Crippen molar-refractivity contribution < 1.29 is 4.79 Å². The van der Waals surface area contributed by atoms with Gasteiger partial charge in [0.1, 0.15) is 5.52 Å². The summed E-state index contributed by atoms with van der Waals surface area (Å²) in [4.78, 5) is 13.0. The predicted molar refractivity (Wildman–Crippen MR) is 101 cm³/mol. The summed E-state index contributed by atoms with van der Waals surface area (Å²) in [5.41, 5.74) is 6.33. The van der Waals surface area contributed by atoms with Crippen LogP contribution in [0.3, 0.4) is 0 Å². The highest BCUT2D eigenvalue weighted by molar-refractivity contribution is 8.00. The first-order chi connectivity index (χ1) is 12.1. The van der Waals surface area contributed by atoms with Crippen LogP contribution in [0, 0.1) is 6.92 Å². The standard InChI is InChI=1S/C18H19N5OS/c1-13-7-9-15(10-8-13)25-12-18(24)21-19-14(2)11-23-17-6-4-3-5-16(17)20-22-23/h3-10H,11-12H2,1-2H3,(H,21,24). The molecule has 3 rings (SSSR count). The maximum Gasteiger partial charge on any atom is 0.250 e. The fraction of sp³-hybridized carbons (Fsp3) is 0.222. The van der Waals surface area contributed by atoms with E-state index in [0.29, 0.717) is 12.3 Å². The van der Waals surface area contributed by atoms with Gasteiger partial charge in [-0.15, -0.1) is 16.9 Å². The van der Waals surface area contributed by atoms with Crippen molar-refractivity contribution in [1.29, 1.82) is 0 Å². The zero-order valence-electron chi connectivity index (χ0n) is 14.1. The Labute approximate surface area is 150 Å². The van der Waals surface area contributed by atoms with Crippen molar-refractivity contribution in [3.63, 3.8) is 0 Å². The van der Waals surface area contributed by atoms with E-state index in [1.165, 1.54) is 17.3 Å². The van der Waals surface area contributed by atoms with Crippen LogP contribution in [0.5, 0.6) is 0 Å². The monoisotopic (exact) mass is 353 g/mol. The van der Waals surface area contributed by atoms with Gasteiger partial charge in [-0.1, -0.05) is 35.0 Å². The molecule has 6 nitrogen and oxygen atoms in total. The highest BCUT2D eigenvalue weighted by Gasteiger charge is 2.06. The summed E-state index contributed by atoms with van der Waals surface area (Å²) in [6.07, 6.45) is 0. The maximum atomic E-state index is 11.9. The zero-order valence-corrected chi connectivity index (χ0v) is 15.0. The van der Waals surface area contributed by atoms with Gasteiger partial charge < -0.3 is 0 Å². The van der Waals surface area contributed by atoms with Crippen molar-refractivity contribution in [2.45, 2.75) is 25.3 Å². The first kappa shape index (κ1) is 17.2. The molecule has 0 aliphatic carbocycles. The summed E-state index contributed by atoms with van der Waals surface area (Å²) in [7, 11) is 0. The summed E-state index contributed by atoms with van der Waals surface area (Å²) in [5, 5.41) is 12.4. The molecular weight excluding hydrogens is 334 g/mol. The van der Waals surface area contributed by atoms with Crippen LogP contribution >= 0.6 is 11.8 Å². The van der Waals surface area contributed by atoms with Crippen molar-refractivity contribution >= 4 is 34.4 Å². The van der Waals surface area contributed by atoms with Crippen LogP contribution in [-0.4, -0.2) is 32.4 Å². The van der Waals surface area contributed by atoms with Crippen LogP contribution in [0.25, 0.3) is 11.0 Å². The lowest BCUT2D eigenvalue weighted by molar-refractivity contribution is -0.118. The van der Waals surface area contributed by atoms with E-state index in [1.54, 1.807) is 4.68 Å². The third-order valence-electron chi connectivity index (χ3n) is 3.56. The van der Waals surface area contributed by atoms with Gasteiger partial charge in [0.15, 0.2) is 0 Å². The number of hydrogen-bond acceptors (Lipinski definition) is 5. The van der Waals surface area contributed by atoms with E-state index in [2.05, 4.69) is 20.8 Å². The molecule has 1 aromatic heterocycles. The Kier molecular flexibility index (Phi) is 5.45. The normalized spacial score (nSPS) is 11.7. The van der Waals surface area contributed by atoms with Gasteiger partial charge in [0, 0.05) is 4.90 Å². The molecule has 0 aliphatic rings. The SMILES string of the molecule is CC(Cn1nnc2ccccc21)=NNC(=O)CSc1ccc(C)cc1. The quantitative estimate of drug-likeness (QED) is 0.420. The Morgan fingerprint density at radius 3 is 2.76 bits per heavy atom. The Bertz CT molecular complexity index is 901. The lowest BCUT2D eigenvalue weighted by Crippen LogP contribution is -2.22. The van der Waals surface area contributed by atoms with Crippen molar-refractivity contribution in [1.82, 2.24) is 20.4 Å². The number of hydrogen-bond donors (Lipinski definition) is 1. The number of carbonyl (C=O) groups is 1. The Hall–Kier alpha value is -2.67. The number of carbonyl (C=O) groups excluding carboxylic acids is 1. The lowest BCUT2D eigenvalue weighted by atomic mass is 10.2. The number of hydrazone groups is 1. The molecule has 0 atom stereocenters.